The summed E-state index contributed by atoms with van der Waals surface area (Å²) in [7, 11) is 2.06. The van der Waals surface area contributed by atoms with Crippen LogP contribution in [0.5, 0.6) is 0 Å². The lowest BCUT2D eigenvalue weighted by molar-refractivity contribution is 0.00230. The SMILES string of the molecule is C[C@@H](NC(=O)c1cn([C@@H]2CCOC[C@H]2F)c(=O)cc1N[C@H]1[C@@H]2C[C@H]1CN(C)C2)c1cccc(C(F)F)c1F. The number of carbonyl (C=O) groups is 1. The topological polar surface area (TPSA) is 75.6 Å². The number of nitrogens with one attached hydrogen (secondary N) is 2. The third-order valence-electron chi connectivity index (χ3n) is 8.08. The Kier molecular flexibility index (Phi) is 7.50. The van der Waals surface area contributed by atoms with E-state index in [9.17, 15) is 27.2 Å². The van der Waals surface area contributed by atoms with E-state index < -0.39 is 47.5 Å². The lowest BCUT2D eigenvalue weighted by atomic mass is 9.66. The van der Waals surface area contributed by atoms with Crippen LogP contribution in [0.15, 0.2) is 35.3 Å². The van der Waals surface area contributed by atoms with Crippen molar-refractivity contribution in [2.75, 3.05) is 38.7 Å². The van der Waals surface area contributed by atoms with Crippen molar-refractivity contribution in [3.05, 3.63) is 63.3 Å². The van der Waals surface area contributed by atoms with Crippen molar-refractivity contribution in [2.24, 2.45) is 11.8 Å². The Morgan fingerprint density at radius 2 is 1.89 bits per heavy atom. The summed E-state index contributed by atoms with van der Waals surface area (Å²) in [4.78, 5) is 28.9. The second-order valence-electron chi connectivity index (χ2n) is 10.7. The minimum atomic E-state index is -2.99. The molecule has 206 valence electrons. The Morgan fingerprint density at radius 1 is 1.18 bits per heavy atom. The Bertz CT molecular complexity index is 1240. The predicted molar refractivity (Wildman–Crippen MR) is 134 cm³/mol. The summed E-state index contributed by atoms with van der Waals surface area (Å²) in [6, 6.07) is 3.33. The minimum Gasteiger partial charge on any atom is -0.381 e. The Morgan fingerprint density at radius 3 is 2.58 bits per heavy atom. The molecule has 2 N–H and O–H groups in total. The number of pyridine rings is 1. The van der Waals surface area contributed by atoms with Crippen molar-refractivity contribution in [3.8, 4) is 0 Å². The van der Waals surface area contributed by atoms with Crippen molar-refractivity contribution >= 4 is 11.6 Å². The number of alkyl halides is 3. The number of amides is 1. The van der Waals surface area contributed by atoms with E-state index in [1.807, 2.05) is 0 Å². The van der Waals surface area contributed by atoms with Gasteiger partial charge in [0.25, 0.3) is 17.9 Å². The molecule has 0 spiro atoms. The minimum absolute atomic E-state index is 0.0798. The number of hydrogen-bond donors (Lipinski definition) is 2. The molecule has 1 saturated carbocycles. The van der Waals surface area contributed by atoms with Crippen LogP contribution in [-0.2, 0) is 4.74 Å². The Balaban J connectivity index is 1.46. The summed E-state index contributed by atoms with van der Waals surface area (Å²) in [5, 5.41) is 6.07. The molecule has 11 heteroatoms. The lowest BCUT2D eigenvalue weighted by Gasteiger charge is -2.53. The second kappa shape index (κ2) is 10.7. The number of piperidine rings is 2. The molecule has 2 bridgehead atoms. The zero-order valence-electron chi connectivity index (χ0n) is 21.3. The summed E-state index contributed by atoms with van der Waals surface area (Å²) in [6.07, 6.45) is -1.73. The monoisotopic (exact) mass is 536 g/mol. The highest BCUT2D eigenvalue weighted by molar-refractivity contribution is 5.99. The average molecular weight is 537 g/mol. The fourth-order valence-corrected chi connectivity index (χ4v) is 6.07. The molecule has 1 aromatic heterocycles. The molecule has 3 aliphatic rings. The maximum absolute atomic E-state index is 14.8. The Labute approximate surface area is 218 Å². The van der Waals surface area contributed by atoms with Crippen LogP contribution in [0.25, 0.3) is 0 Å². The van der Waals surface area contributed by atoms with Crippen LogP contribution in [0.1, 0.15) is 59.8 Å². The third kappa shape index (κ3) is 5.05. The van der Waals surface area contributed by atoms with Crippen LogP contribution < -0.4 is 16.2 Å². The highest BCUT2D eigenvalue weighted by Crippen LogP contribution is 2.41. The fraction of sp³-hybridized carbons (Fsp3) is 0.556. The molecule has 1 aromatic carbocycles. The smallest absolute Gasteiger partial charge is 0.266 e. The first-order valence-electron chi connectivity index (χ1n) is 12.9. The molecule has 1 aliphatic carbocycles. The summed E-state index contributed by atoms with van der Waals surface area (Å²) in [5.74, 6) is -0.965. The van der Waals surface area contributed by atoms with Crippen molar-refractivity contribution < 1.29 is 27.1 Å². The van der Waals surface area contributed by atoms with Crippen LogP contribution in [0.2, 0.25) is 0 Å². The van der Waals surface area contributed by atoms with Crippen molar-refractivity contribution in [1.82, 2.24) is 14.8 Å². The van der Waals surface area contributed by atoms with Gasteiger partial charge in [0.2, 0.25) is 0 Å². The summed E-state index contributed by atoms with van der Waals surface area (Å²) >= 11 is 0. The van der Waals surface area contributed by atoms with Gasteiger partial charge in [-0.2, -0.15) is 0 Å². The Hall–Kier alpha value is -2.92. The molecule has 5 rings (SSSR count). The molecule has 2 aromatic rings. The highest BCUT2D eigenvalue weighted by Gasteiger charge is 2.46. The number of anilines is 1. The van der Waals surface area contributed by atoms with Crippen LogP contribution in [0.3, 0.4) is 0 Å². The van der Waals surface area contributed by atoms with Crippen LogP contribution in [0.4, 0.5) is 23.2 Å². The molecule has 3 heterocycles. The van der Waals surface area contributed by atoms with Crippen LogP contribution in [0, 0.1) is 17.7 Å². The van der Waals surface area contributed by atoms with Gasteiger partial charge in [0.1, 0.15) is 12.0 Å². The maximum Gasteiger partial charge on any atom is 0.266 e. The van der Waals surface area contributed by atoms with Gasteiger partial charge in [-0.05, 0) is 38.6 Å². The van der Waals surface area contributed by atoms with Crippen LogP contribution in [-0.4, -0.2) is 60.9 Å². The normalized spacial score (nSPS) is 28.0. The molecular weight excluding hydrogens is 504 g/mol. The van der Waals surface area contributed by atoms with Crippen molar-refractivity contribution in [1.29, 1.82) is 0 Å². The standard InChI is InChI=1S/C27H32F4N4O3/c1-14(17-4-3-5-18(24(17)29)26(30)31)32-27(37)19-12-35(22-6-7-38-13-20(22)28)23(36)9-21(19)33-25-15-8-16(25)11-34(2)10-15/h3-5,9,12,14-16,20,22,25-26,33H,6-8,10-11,13H2,1-2H3,(H,32,37)/t14-,15-,16+,20-,22-,25+/m1/s1. The first-order chi connectivity index (χ1) is 18.1. The number of fused-ring (bicyclic) bond motifs is 2. The number of aromatic nitrogens is 1. The summed E-state index contributed by atoms with van der Waals surface area (Å²) in [5.41, 5.74) is -0.828. The second-order valence-corrected chi connectivity index (χ2v) is 10.7. The number of rotatable bonds is 7. The number of halogens is 4. The molecule has 6 atom stereocenters. The number of carbonyl (C=O) groups excluding carboxylic acids is 1. The molecule has 1 amide bonds. The molecule has 2 aliphatic heterocycles. The van der Waals surface area contributed by atoms with E-state index in [2.05, 4.69) is 22.6 Å². The van der Waals surface area contributed by atoms with E-state index in [0.717, 1.165) is 25.6 Å². The molecular formula is C27H32F4N4O3. The predicted octanol–water partition coefficient (Wildman–Crippen LogP) is 4.08. The zero-order valence-corrected chi connectivity index (χ0v) is 21.3. The van der Waals surface area contributed by atoms with Gasteiger partial charge < -0.3 is 24.8 Å². The van der Waals surface area contributed by atoms with Crippen molar-refractivity contribution in [3.63, 3.8) is 0 Å². The number of hydrogen-bond acceptors (Lipinski definition) is 5. The molecule has 0 radical (unpaired) electrons. The molecule has 7 nitrogen and oxygen atoms in total. The van der Waals surface area contributed by atoms with Gasteiger partial charge >= 0.3 is 0 Å². The molecule has 38 heavy (non-hydrogen) atoms. The largest absolute Gasteiger partial charge is 0.381 e. The van der Waals surface area contributed by atoms with Gasteiger partial charge in [-0.3, -0.25) is 9.59 Å². The van der Waals surface area contributed by atoms with Gasteiger partial charge in [-0.1, -0.05) is 18.2 Å². The molecule has 2 saturated heterocycles. The van der Waals surface area contributed by atoms with Gasteiger partial charge in [0, 0.05) is 43.6 Å². The highest BCUT2D eigenvalue weighted by atomic mass is 19.3. The summed E-state index contributed by atoms with van der Waals surface area (Å²) < 4.78 is 62.3. The molecule has 3 fully saturated rings. The number of nitrogens with zero attached hydrogens (tertiary/aromatic N) is 2. The van der Waals surface area contributed by atoms with E-state index in [4.69, 9.17) is 4.74 Å². The van der Waals surface area contributed by atoms with Crippen molar-refractivity contribution in [2.45, 2.75) is 50.5 Å². The van der Waals surface area contributed by atoms with E-state index in [0.29, 0.717) is 17.5 Å². The number of benzene rings is 1. The quantitative estimate of drug-likeness (QED) is 0.522. The van der Waals surface area contributed by atoms with E-state index in [1.165, 1.54) is 35.9 Å². The van der Waals surface area contributed by atoms with E-state index >= 15 is 0 Å². The van der Waals surface area contributed by atoms with Gasteiger partial charge in [0.05, 0.1) is 35.5 Å². The van der Waals surface area contributed by atoms with Gasteiger partial charge in [-0.15, -0.1) is 0 Å². The average Bonchev–Trinajstić information content (AvgIpc) is 2.87. The van der Waals surface area contributed by atoms with Gasteiger partial charge in [0.15, 0.2) is 0 Å². The fourth-order valence-electron chi connectivity index (χ4n) is 6.07. The lowest BCUT2D eigenvalue weighted by Crippen LogP contribution is -2.60. The van der Waals surface area contributed by atoms with Gasteiger partial charge in [-0.25, -0.2) is 17.6 Å². The summed E-state index contributed by atoms with van der Waals surface area (Å²) in [6.45, 7) is 3.43. The maximum atomic E-state index is 14.8. The number of ether oxygens (including phenoxy) is 1. The first kappa shape index (κ1) is 26.7. The van der Waals surface area contributed by atoms with E-state index in [-0.39, 0.29) is 36.8 Å². The van der Waals surface area contributed by atoms with E-state index in [1.54, 1.807) is 0 Å². The first-order valence-corrected chi connectivity index (χ1v) is 12.9. The number of likely N-dealkylation sites (tertiary alicyclic amines) is 1. The molecule has 0 unspecified atom stereocenters. The zero-order chi connectivity index (χ0) is 27.1. The third-order valence-corrected chi connectivity index (χ3v) is 8.08. The van der Waals surface area contributed by atoms with Crippen LogP contribution >= 0.6 is 0 Å².